The number of aliphatic hydroxyl groups excluding tert-OH is 3. The second kappa shape index (κ2) is 12.3. The molecule has 0 heterocycles. The van der Waals surface area contributed by atoms with Crippen LogP contribution in [0, 0.1) is 17.7 Å². The van der Waals surface area contributed by atoms with E-state index in [9.17, 15) is 24.5 Å². The third kappa shape index (κ3) is 8.41. The van der Waals surface area contributed by atoms with E-state index in [-0.39, 0.29) is 24.1 Å². The first-order valence-corrected chi connectivity index (χ1v) is 10.9. The second-order valence-corrected chi connectivity index (χ2v) is 8.44. The van der Waals surface area contributed by atoms with E-state index in [2.05, 4.69) is 0 Å². The number of aliphatic carboxylic acids is 1. The molecule has 0 amide bonds. The molecule has 0 unspecified atom stereocenters. The van der Waals surface area contributed by atoms with Crippen LogP contribution in [0.15, 0.2) is 24.3 Å². The zero-order valence-electron chi connectivity index (χ0n) is 17.0. The van der Waals surface area contributed by atoms with E-state index >= 15 is 0 Å². The molecule has 1 aliphatic rings. The van der Waals surface area contributed by atoms with Gasteiger partial charge in [-0.3, -0.25) is 4.79 Å². The minimum absolute atomic E-state index is 0.0205. The van der Waals surface area contributed by atoms with Crippen molar-refractivity contribution in [2.75, 3.05) is 0 Å². The Morgan fingerprint density at radius 3 is 2.41 bits per heavy atom. The number of carbonyl (C=O) groups is 1. The molecule has 4 N–H and O–H groups in total. The average molecular weight is 411 g/mol. The van der Waals surface area contributed by atoms with Crippen molar-refractivity contribution >= 4 is 5.97 Å². The van der Waals surface area contributed by atoms with Gasteiger partial charge in [-0.15, -0.1) is 0 Å². The molecule has 1 saturated carbocycles. The molecule has 0 radical (unpaired) electrons. The van der Waals surface area contributed by atoms with Crippen molar-refractivity contribution in [3.63, 3.8) is 0 Å². The number of hydrogen-bond donors (Lipinski definition) is 4. The molecule has 0 saturated heterocycles. The van der Waals surface area contributed by atoms with Crippen molar-refractivity contribution in [1.29, 1.82) is 0 Å². The number of benzene rings is 1. The van der Waals surface area contributed by atoms with Gasteiger partial charge in [0.25, 0.3) is 0 Å². The molecule has 2 rings (SSSR count). The second-order valence-electron chi connectivity index (χ2n) is 8.44. The van der Waals surface area contributed by atoms with Gasteiger partial charge in [0.1, 0.15) is 5.82 Å². The summed E-state index contributed by atoms with van der Waals surface area (Å²) in [5, 5.41) is 39.6. The van der Waals surface area contributed by atoms with E-state index < -0.39 is 24.3 Å². The lowest BCUT2D eigenvalue weighted by molar-refractivity contribution is -0.137. The van der Waals surface area contributed by atoms with Gasteiger partial charge in [-0.1, -0.05) is 31.4 Å². The van der Waals surface area contributed by atoms with Gasteiger partial charge >= 0.3 is 5.97 Å². The molecule has 6 heteroatoms. The Bertz CT molecular complexity index is 623. The first-order valence-electron chi connectivity index (χ1n) is 10.9. The largest absolute Gasteiger partial charge is 0.481 e. The smallest absolute Gasteiger partial charge is 0.303 e. The number of aliphatic hydroxyl groups is 3. The van der Waals surface area contributed by atoms with Crippen molar-refractivity contribution < 1.29 is 29.6 Å². The monoisotopic (exact) mass is 410 g/mol. The summed E-state index contributed by atoms with van der Waals surface area (Å²) in [7, 11) is 0. The lowest BCUT2D eigenvalue weighted by Gasteiger charge is -2.24. The molecule has 1 aromatic rings. The molecule has 1 aromatic carbocycles. The van der Waals surface area contributed by atoms with E-state index in [1.807, 2.05) is 6.07 Å². The first kappa shape index (κ1) is 23.8. The standard InChI is InChI=1S/C23H35FO5/c24-17-7-5-6-16(14-17)10-11-18(25)12-13-20-19(21(26)15-22(20)27)8-3-1-2-4-9-23(28)29/h5-7,14,18-22,25-27H,1-4,8-13,15H2,(H,28,29)/t18-,19+,20+,21-,22+/m0/s1. The third-order valence-corrected chi connectivity index (χ3v) is 6.19. The lowest BCUT2D eigenvalue weighted by atomic mass is 9.84. The maximum absolute atomic E-state index is 13.2. The number of rotatable bonds is 13. The fraction of sp³-hybridized carbons (Fsp3) is 0.696. The van der Waals surface area contributed by atoms with Crippen molar-refractivity contribution in [2.45, 2.75) is 88.9 Å². The maximum atomic E-state index is 13.2. The van der Waals surface area contributed by atoms with Crippen molar-refractivity contribution in [2.24, 2.45) is 11.8 Å². The summed E-state index contributed by atoms with van der Waals surface area (Å²) in [6.45, 7) is 0. The Kier molecular flexibility index (Phi) is 10.0. The van der Waals surface area contributed by atoms with Crippen LogP contribution in [0.1, 0.15) is 69.8 Å². The molecule has 0 aromatic heterocycles. The zero-order valence-corrected chi connectivity index (χ0v) is 17.0. The fourth-order valence-corrected chi connectivity index (χ4v) is 4.55. The molecule has 29 heavy (non-hydrogen) atoms. The highest BCUT2D eigenvalue weighted by molar-refractivity contribution is 5.66. The quantitative estimate of drug-likeness (QED) is 0.372. The Labute approximate surface area is 172 Å². The Morgan fingerprint density at radius 1 is 1.03 bits per heavy atom. The van der Waals surface area contributed by atoms with Crippen LogP contribution in [0.25, 0.3) is 0 Å². The summed E-state index contributed by atoms with van der Waals surface area (Å²) < 4.78 is 13.2. The van der Waals surface area contributed by atoms with Gasteiger partial charge in [-0.25, -0.2) is 4.39 Å². The highest BCUT2D eigenvalue weighted by Gasteiger charge is 2.40. The highest BCUT2D eigenvalue weighted by Crippen LogP contribution is 2.39. The summed E-state index contributed by atoms with van der Waals surface area (Å²) in [5.41, 5.74) is 0.862. The zero-order chi connectivity index (χ0) is 21.2. The van der Waals surface area contributed by atoms with Gasteiger partial charge in [0.15, 0.2) is 0 Å². The minimum Gasteiger partial charge on any atom is -0.481 e. The summed E-state index contributed by atoms with van der Waals surface area (Å²) in [6, 6.07) is 6.40. The number of halogens is 1. The van der Waals surface area contributed by atoms with Crippen LogP contribution >= 0.6 is 0 Å². The predicted molar refractivity (Wildman–Crippen MR) is 109 cm³/mol. The van der Waals surface area contributed by atoms with E-state index in [0.29, 0.717) is 38.5 Å². The summed E-state index contributed by atoms with van der Waals surface area (Å²) >= 11 is 0. The third-order valence-electron chi connectivity index (χ3n) is 6.19. The van der Waals surface area contributed by atoms with Crippen LogP contribution < -0.4 is 0 Å². The van der Waals surface area contributed by atoms with Crippen LogP contribution in [-0.2, 0) is 11.2 Å². The SMILES string of the molecule is O=C(O)CCCCCC[C@@H]1[C@@H](CC[C@@H](O)CCc2cccc(F)c2)[C@H](O)C[C@@H]1O. The fourth-order valence-electron chi connectivity index (χ4n) is 4.55. The molecule has 1 aliphatic carbocycles. The van der Waals surface area contributed by atoms with Crippen molar-refractivity contribution in [3.05, 3.63) is 35.6 Å². The van der Waals surface area contributed by atoms with Crippen molar-refractivity contribution in [3.8, 4) is 0 Å². The Hall–Kier alpha value is -1.50. The molecular formula is C23H35FO5. The normalized spacial score (nSPS) is 25.2. The highest BCUT2D eigenvalue weighted by atomic mass is 19.1. The van der Waals surface area contributed by atoms with Crippen LogP contribution in [0.4, 0.5) is 4.39 Å². The van der Waals surface area contributed by atoms with Gasteiger partial charge < -0.3 is 20.4 Å². The van der Waals surface area contributed by atoms with Crippen LogP contribution in [0.3, 0.4) is 0 Å². The number of carboxylic acid groups (broad SMARTS) is 1. The number of hydrogen-bond acceptors (Lipinski definition) is 4. The van der Waals surface area contributed by atoms with E-state index in [1.165, 1.54) is 12.1 Å². The van der Waals surface area contributed by atoms with Gasteiger partial charge in [-0.05, 0) is 74.5 Å². The molecule has 0 bridgehead atoms. The summed E-state index contributed by atoms with van der Waals surface area (Å²) in [6.07, 6.45) is 5.55. The molecule has 1 fully saturated rings. The summed E-state index contributed by atoms with van der Waals surface area (Å²) in [4.78, 5) is 10.5. The molecular weight excluding hydrogens is 375 g/mol. The lowest BCUT2D eigenvalue weighted by Crippen LogP contribution is -2.24. The van der Waals surface area contributed by atoms with Gasteiger partial charge in [0, 0.05) is 6.42 Å². The van der Waals surface area contributed by atoms with Gasteiger partial charge in [0.05, 0.1) is 18.3 Å². The van der Waals surface area contributed by atoms with Crippen LogP contribution in [0.2, 0.25) is 0 Å². The molecule has 0 aliphatic heterocycles. The van der Waals surface area contributed by atoms with E-state index in [1.54, 1.807) is 6.07 Å². The maximum Gasteiger partial charge on any atom is 0.303 e. The van der Waals surface area contributed by atoms with E-state index in [4.69, 9.17) is 5.11 Å². The predicted octanol–water partition coefficient (Wildman–Crippen LogP) is 3.68. The van der Waals surface area contributed by atoms with Gasteiger partial charge in [0.2, 0.25) is 0 Å². The first-order chi connectivity index (χ1) is 13.9. The van der Waals surface area contributed by atoms with E-state index in [0.717, 1.165) is 31.2 Å². The molecule has 5 atom stereocenters. The number of unbranched alkanes of at least 4 members (excludes halogenated alkanes) is 3. The topological polar surface area (TPSA) is 98.0 Å². The van der Waals surface area contributed by atoms with Crippen molar-refractivity contribution in [1.82, 2.24) is 0 Å². The summed E-state index contributed by atoms with van der Waals surface area (Å²) in [5.74, 6) is -1.03. The minimum atomic E-state index is -0.768. The van der Waals surface area contributed by atoms with Crippen LogP contribution in [-0.4, -0.2) is 44.7 Å². The molecule has 164 valence electrons. The molecule has 0 spiro atoms. The van der Waals surface area contributed by atoms with Crippen LogP contribution in [0.5, 0.6) is 0 Å². The molecule has 5 nitrogen and oxygen atoms in total. The number of carboxylic acids is 1. The Balaban J connectivity index is 1.71. The number of aryl methyl sites for hydroxylation is 1. The Morgan fingerprint density at radius 2 is 1.72 bits per heavy atom. The van der Waals surface area contributed by atoms with Gasteiger partial charge in [-0.2, -0.15) is 0 Å². The average Bonchev–Trinajstić information content (AvgIpc) is 2.93.